The Balaban J connectivity index is 1.98. The minimum Gasteiger partial charge on any atom is -0.481 e. The molecule has 0 aromatic heterocycles. The number of hydrogen-bond donors (Lipinski definition) is 3. The summed E-state index contributed by atoms with van der Waals surface area (Å²) in [6, 6.07) is 4.32. The van der Waals surface area contributed by atoms with Crippen LogP contribution in [0.5, 0.6) is 0 Å². The maximum Gasteiger partial charge on any atom is 0.319 e. The van der Waals surface area contributed by atoms with Gasteiger partial charge < -0.3 is 20.6 Å². The zero-order valence-electron chi connectivity index (χ0n) is 15.8. The molecule has 148 valence electrons. The van der Waals surface area contributed by atoms with Gasteiger partial charge in [0, 0.05) is 24.7 Å². The number of hydrogen-bond acceptors (Lipinski definition) is 3. The van der Waals surface area contributed by atoms with E-state index in [0.717, 1.165) is 0 Å². The largest absolute Gasteiger partial charge is 0.481 e. The number of nitrogens with one attached hydrogen (secondary N) is 2. The maximum atomic E-state index is 12.4. The standard InChI is InChI=1S/C19H26ClN3O4/c1-11(2)23(3)17(24)13-6-9-15(20)16(10-13)22-19(27)21-14-7-4-12(5-8-14)18(25)26/h6,9-12,14H,4-5,7-8H2,1-3H3,(H,25,26)(H2,21,22,27). The highest BCUT2D eigenvalue weighted by Crippen LogP contribution is 2.26. The summed E-state index contributed by atoms with van der Waals surface area (Å²) in [5, 5.41) is 14.9. The number of rotatable bonds is 5. The summed E-state index contributed by atoms with van der Waals surface area (Å²) in [7, 11) is 1.72. The van der Waals surface area contributed by atoms with Crippen molar-refractivity contribution in [2.45, 2.75) is 51.6 Å². The molecule has 0 unspecified atom stereocenters. The molecule has 1 aliphatic carbocycles. The molecule has 1 aliphatic rings. The Morgan fingerprint density at radius 3 is 2.37 bits per heavy atom. The first-order valence-electron chi connectivity index (χ1n) is 9.06. The number of nitrogens with zero attached hydrogens (tertiary/aromatic N) is 1. The number of carboxylic acids is 1. The van der Waals surface area contributed by atoms with Crippen LogP contribution < -0.4 is 10.6 Å². The number of carbonyl (C=O) groups excluding carboxylic acids is 2. The van der Waals surface area contributed by atoms with Crippen molar-refractivity contribution in [3.05, 3.63) is 28.8 Å². The normalized spacial score (nSPS) is 19.4. The molecule has 7 nitrogen and oxygen atoms in total. The molecule has 3 amide bonds. The van der Waals surface area contributed by atoms with Crippen LogP contribution >= 0.6 is 11.6 Å². The van der Waals surface area contributed by atoms with E-state index in [1.165, 1.54) is 0 Å². The van der Waals surface area contributed by atoms with Crippen LogP contribution in [0.3, 0.4) is 0 Å². The van der Waals surface area contributed by atoms with Crippen LogP contribution in [-0.2, 0) is 4.79 Å². The van der Waals surface area contributed by atoms with Crippen molar-refractivity contribution in [3.8, 4) is 0 Å². The van der Waals surface area contributed by atoms with Gasteiger partial charge in [0.25, 0.3) is 5.91 Å². The van der Waals surface area contributed by atoms with Crippen LogP contribution in [0.1, 0.15) is 49.9 Å². The molecule has 1 aromatic carbocycles. The lowest BCUT2D eigenvalue weighted by Gasteiger charge is -2.27. The predicted molar refractivity (Wildman–Crippen MR) is 104 cm³/mol. The van der Waals surface area contributed by atoms with Gasteiger partial charge in [-0.2, -0.15) is 0 Å². The first-order valence-corrected chi connectivity index (χ1v) is 9.44. The first-order chi connectivity index (χ1) is 12.7. The molecule has 1 aromatic rings. The fourth-order valence-corrected chi connectivity index (χ4v) is 3.19. The number of anilines is 1. The monoisotopic (exact) mass is 395 g/mol. The lowest BCUT2D eigenvalue weighted by molar-refractivity contribution is -0.142. The third kappa shape index (κ3) is 5.60. The second-order valence-electron chi connectivity index (χ2n) is 7.19. The third-order valence-electron chi connectivity index (χ3n) is 4.97. The van der Waals surface area contributed by atoms with Gasteiger partial charge in [0.2, 0.25) is 0 Å². The smallest absolute Gasteiger partial charge is 0.319 e. The van der Waals surface area contributed by atoms with E-state index in [9.17, 15) is 14.4 Å². The fraction of sp³-hybridized carbons (Fsp3) is 0.526. The number of carboxylic acid groups (broad SMARTS) is 1. The highest BCUT2D eigenvalue weighted by Gasteiger charge is 2.27. The molecule has 3 N–H and O–H groups in total. The van der Waals surface area contributed by atoms with E-state index in [1.807, 2.05) is 13.8 Å². The Morgan fingerprint density at radius 2 is 1.81 bits per heavy atom. The van der Waals surface area contributed by atoms with Gasteiger partial charge in [-0.1, -0.05) is 11.6 Å². The van der Waals surface area contributed by atoms with Crippen molar-refractivity contribution in [1.82, 2.24) is 10.2 Å². The van der Waals surface area contributed by atoms with E-state index >= 15 is 0 Å². The van der Waals surface area contributed by atoms with Crippen molar-refractivity contribution in [2.24, 2.45) is 5.92 Å². The summed E-state index contributed by atoms with van der Waals surface area (Å²) in [6.45, 7) is 3.83. The van der Waals surface area contributed by atoms with Crippen molar-refractivity contribution >= 4 is 35.2 Å². The van der Waals surface area contributed by atoms with E-state index in [1.54, 1.807) is 30.1 Å². The lowest BCUT2D eigenvalue weighted by atomic mass is 9.86. The van der Waals surface area contributed by atoms with E-state index < -0.39 is 12.0 Å². The molecule has 2 rings (SSSR count). The summed E-state index contributed by atoms with van der Waals surface area (Å²) >= 11 is 6.15. The van der Waals surface area contributed by atoms with Gasteiger partial charge in [0.05, 0.1) is 16.6 Å². The number of aliphatic carboxylic acids is 1. The quantitative estimate of drug-likeness (QED) is 0.709. The van der Waals surface area contributed by atoms with Crippen molar-refractivity contribution in [3.63, 3.8) is 0 Å². The van der Waals surface area contributed by atoms with Gasteiger partial charge in [0.1, 0.15) is 0 Å². The predicted octanol–water partition coefficient (Wildman–Crippen LogP) is 3.59. The summed E-state index contributed by atoms with van der Waals surface area (Å²) < 4.78 is 0. The number of halogens is 1. The molecule has 1 fully saturated rings. The van der Waals surface area contributed by atoms with Crippen LogP contribution in [0.2, 0.25) is 5.02 Å². The summed E-state index contributed by atoms with van der Waals surface area (Å²) in [6.07, 6.45) is 2.34. The lowest BCUT2D eigenvalue weighted by Crippen LogP contribution is -2.41. The maximum absolute atomic E-state index is 12.4. The molecule has 27 heavy (non-hydrogen) atoms. The van der Waals surface area contributed by atoms with Crippen LogP contribution in [0, 0.1) is 5.92 Å². The van der Waals surface area contributed by atoms with Crippen molar-refractivity contribution in [1.29, 1.82) is 0 Å². The average molecular weight is 396 g/mol. The Labute approximate surface area is 164 Å². The van der Waals surface area contributed by atoms with Crippen LogP contribution in [-0.4, -0.2) is 47.0 Å². The van der Waals surface area contributed by atoms with Gasteiger partial charge in [-0.25, -0.2) is 4.79 Å². The second kappa shape index (κ2) is 9.08. The van der Waals surface area contributed by atoms with Crippen molar-refractivity contribution < 1.29 is 19.5 Å². The fourth-order valence-electron chi connectivity index (χ4n) is 3.02. The SMILES string of the molecule is CC(C)N(C)C(=O)c1ccc(Cl)c(NC(=O)NC2CCC(C(=O)O)CC2)c1. The Kier molecular flexibility index (Phi) is 7.07. The molecule has 0 atom stereocenters. The molecular weight excluding hydrogens is 370 g/mol. The molecule has 0 spiro atoms. The Bertz CT molecular complexity index is 715. The van der Waals surface area contributed by atoms with Gasteiger partial charge in [-0.3, -0.25) is 9.59 Å². The summed E-state index contributed by atoms with van der Waals surface area (Å²) in [4.78, 5) is 37.3. The Hall–Kier alpha value is -2.28. The van der Waals surface area contributed by atoms with Crippen LogP contribution in [0.25, 0.3) is 0 Å². The molecule has 0 bridgehead atoms. The van der Waals surface area contributed by atoms with Gasteiger partial charge in [0.15, 0.2) is 0 Å². The minimum absolute atomic E-state index is 0.0498. The zero-order chi connectivity index (χ0) is 20.1. The molecule has 0 heterocycles. The van der Waals surface area contributed by atoms with Gasteiger partial charge in [-0.05, 0) is 57.7 Å². The van der Waals surface area contributed by atoms with Crippen LogP contribution in [0.4, 0.5) is 10.5 Å². The molecular formula is C19H26ClN3O4. The first kappa shape index (κ1) is 21.0. The number of amides is 3. The molecule has 0 saturated heterocycles. The highest BCUT2D eigenvalue weighted by atomic mass is 35.5. The number of benzene rings is 1. The topological polar surface area (TPSA) is 98.7 Å². The second-order valence-corrected chi connectivity index (χ2v) is 7.60. The van der Waals surface area contributed by atoms with E-state index in [-0.39, 0.29) is 23.9 Å². The van der Waals surface area contributed by atoms with Gasteiger partial charge in [-0.15, -0.1) is 0 Å². The van der Waals surface area contributed by atoms with E-state index in [0.29, 0.717) is 42.0 Å². The highest BCUT2D eigenvalue weighted by molar-refractivity contribution is 6.33. The average Bonchev–Trinajstić information content (AvgIpc) is 2.62. The van der Waals surface area contributed by atoms with Gasteiger partial charge >= 0.3 is 12.0 Å². The van der Waals surface area contributed by atoms with E-state index in [4.69, 9.17) is 16.7 Å². The number of urea groups is 1. The third-order valence-corrected chi connectivity index (χ3v) is 5.30. The Morgan fingerprint density at radius 1 is 1.19 bits per heavy atom. The summed E-state index contributed by atoms with van der Waals surface area (Å²) in [5.41, 5.74) is 0.796. The molecule has 8 heteroatoms. The molecule has 0 radical (unpaired) electrons. The summed E-state index contributed by atoms with van der Waals surface area (Å²) in [5.74, 6) is -1.27. The molecule has 1 saturated carbocycles. The van der Waals surface area contributed by atoms with Crippen molar-refractivity contribution in [2.75, 3.05) is 12.4 Å². The van der Waals surface area contributed by atoms with Crippen LogP contribution in [0.15, 0.2) is 18.2 Å². The zero-order valence-corrected chi connectivity index (χ0v) is 16.5. The molecule has 0 aliphatic heterocycles. The minimum atomic E-state index is -0.780. The van der Waals surface area contributed by atoms with E-state index in [2.05, 4.69) is 10.6 Å². The number of carbonyl (C=O) groups is 3.